The number of hydrogen-bond acceptors (Lipinski definition) is 3. The van der Waals surface area contributed by atoms with Crippen molar-refractivity contribution in [1.29, 1.82) is 0 Å². The van der Waals surface area contributed by atoms with E-state index in [4.69, 9.17) is 4.74 Å². The van der Waals surface area contributed by atoms with Gasteiger partial charge in [-0.2, -0.15) is 0 Å². The number of carbonyl (C=O) groups is 1. The minimum atomic E-state index is -0.250. The highest BCUT2D eigenvalue weighted by atomic mass is 19.1. The van der Waals surface area contributed by atoms with Gasteiger partial charge in [0.05, 0.1) is 0 Å². The third-order valence-electron chi connectivity index (χ3n) is 5.45. The Hall–Kier alpha value is -2.40. The van der Waals surface area contributed by atoms with Crippen molar-refractivity contribution in [2.24, 2.45) is 0 Å². The number of fused-ring (bicyclic) bond motifs is 1. The van der Waals surface area contributed by atoms with Crippen LogP contribution in [0.15, 0.2) is 48.5 Å². The Kier molecular flexibility index (Phi) is 5.39. The number of benzene rings is 2. The second-order valence-electron chi connectivity index (χ2n) is 7.34. The summed E-state index contributed by atoms with van der Waals surface area (Å²) >= 11 is 0. The Morgan fingerprint density at radius 2 is 1.85 bits per heavy atom. The lowest BCUT2D eigenvalue weighted by atomic mass is 9.99. The van der Waals surface area contributed by atoms with Crippen LogP contribution in [0.25, 0.3) is 0 Å². The minimum absolute atomic E-state index is 0.113. The average Bonchev–Trinajstić information content (AvgIpc) is 2.70. The third-order valence-corrected chi connectivity index (χ3v) is 5.45. The zero-order valence-corrected chi connectivity index (χ0v) is 15.4. The lowest BCUT2D eigenvalue weighted by Gasteiger charge is -2.35. The van der Waals surface area contributed by atoms with E-state index in [0.29, 0.717) is 5.75 Å². The van der Waals surface area contributed by atoms with E-state index in [-0.39, 0.29) is 17.8 Å². The van der Waals surface area contributed by atoms with E-state index >= 15 is 0 Å². The van der Waals surface area contributed by atoms with E-state index in [0.717, 1.165) is 63.1 Å². The van der Waals surface area contributed by atoms with Crippen molar-refractivity contribution in [3.8, 4) is 5.75 Å². The smallest absolute Gasteiger partial charge is 0.254 e. The maximum Gasteiger partial charge on any atom is 0.254 e. The van der Waals surface area contributed by atoms with Gasteiger partial charge in [-0.1, -0.05) is 18.2 Å². The van der Waals surface area contributed by atoms with Gasteiger partial charge in [0.1, 0.15) is 17.7 Å². The molecule has 2 aliphatic heterocycles. The summed E-state index contributed by atoms with van der Waals surface area (Å²) in [6, 6.07) is 14.1. The van der Waals surface area contributed by atoms with Crippen molar-refractivity contribution in [2.45, 2.75) is 25.4 Å². The number of rotatable bonds is 5. The molecule has 2 heterocycles. The molecule has 142 valence electrons. The van der Waals surface area contributed by atoms with E-state index in [1.807, 2.05) is 29.2 Å². The normalized spacial score (nSPS) is 20.4. The van der Waals surface area contributed by atoms with Crippen LogP contribution in [0.3, 0.4) is 0 Å². The lowest BCUT2D eigenvalue weighted by molar-refractivity contribution is 0.0636. The topological polar surface area (TPSA) is 32.8 Å². The molecule has 27 heavy (non-hydrogen) atoms. The Labute approximate surface area is 159 Å². The van der Waals surface area contributed by atoms with Crippen molar-refractivity contribution in [2.75, 3.05) is 32.7 Å². The largest absolute Gasteiger partial charge is 0.489 e. The molecule has 0 radical (unpaired) electrons. The molecule has 0 N–H and O–H groups in total. The Balaban J connectivity index is 1.30. The number of likely N-dealkylation sites (tertiary alicyclic amines) is 1. The van der Waals surface area contributed by atoms with E-state index in [9.17, 15) is 9.18 Å². The average molecular weight is 368 g/mol. The van der Waals surface area contributed by atoms with Crippen LogP contribution >= 0.6 is 0 Å². The Morgan fingerprint density at radius 3 is 2.70 bits per heavy atom. The zero-order chi connectivity index (χ0) is 18.6. The standard InChI is InChI=1S/C22H25FN2O2/c23-18-7-9-19(10-8-18)27-20-5-3-12-24(16-20)14-15-25-13-11-17-4-1-2-6-21(17)22(25)26/h1-2,4,6-10,20H,3,5,11-16H2/t20-/m0/s1. The molecule has 5 heteroatoms. The summed E-state index contributed by atoms with van der Waals surface area (Å²) in [4.78, 5) is 17.0. The molecule has 0 aromatic heterocycles. The van der Waals surface area contributed by atoms with Crippen LogP contribution < -0.4 is 4.74 Å². The molecule has 0 unspecified atom stereocenters. The number of halogens is 1. The van der Waals surface area contributed by atoms with Gasteiger partial charge >= 0.3 is 0 Å². The van der Waals surface area contributed by atoms with Gasteiger partial charge in [-0.15, -0.1) is 0 Å². The fraction of sp³-hybridized carbons (Fsp3) is 0.409. The third kappa shape index (κ3) is 4.30. The van der Waals surface area contributed by atoms with Crippen LogP contribution in [0, 0.1) is 5.82 Å². The molecule has 4 rings (SSSR count). The van der Waals surface area contributed by atoms with Crippen molar-refractivity contribution < 1.29 is 13.9 Å². The van der Waals surface area contributed by atoms with Gasteiger partial charge in [-0.25, -0.2) is 4.39 Å². The molecule has 1 atom stereocenters. The first-order valence-electron chi connectivity index (χ1n) is 9.71. The fourth-order valence-electron chi connectivity index (χ4n) is 3.97. The van der Waals surface area contributed by atoms with Crippen molar-refractivity contribution >= 4 is 5.91 Å². The molecule has 1 amide bonds. The first-order chi connectivity index (χ1) is 13.2. The van der Waals surface area contributed by atoms with E-state index in [2.05, 4.69) is 4.90 Å². The summed E-state index contributed by atoms with van der Waals surface area (Å²) in [6.07, 6.45) is 3.12. The molecule has 2 aliphatic rings. The minimum Gasteiger partial charge on any atom is -0.489 e. The van der Waals surface area contributed by atoms with Gasteiger partial charge in [0.15, 0.2) is 0 Å². The van der Waals surface area contributed by atoms with Crippen LogP contribution in [-0.4, -0.2) is 54.5 Å². The van der Waals surface area contributed by atoms with Crippen molar-refractivity contribution in [3.63, 3.8) is 0 Å². The number of nitrogens with zero attached hydrogens (tertiary/aromatic N) is 2. The van der Waals surface area contributed by atoms with Crippen molar-refractivity contribution in [1.82, 2.24) is 9.80 Å². The van der Waals surface area contributed by atoms with Crippen LogP contribution in [0.2, 0.25) is 0 Å². The summed E-state index contributed by atoms with van der Waals surface area (Å²) in [7, 11) is 0. The molecular formula is C22H25FN2O2. The molecule has 0 bridgehead atoms. The monoisotopic (exact) mass is 368 g/mol. The first-order valence-corrected chi connectivity index (χ1v) is 9.71. The number of amides is 1. The maximum absolute atomic E-state index is 13.0. The molecule has 1 fully saturated rings. The maximum atomic E-state index is 13.0. The first kappa shape index (κ1) is 18.0. The Bertz CT molecular complexity index is 793. The van der Waals surface area contributed by atoms with Gasteiger partial charge in [-0.3, -0.25) is 9.69 Å². The van der Waals surface area contributed by atoms with Gasteiger partial charge in [0, 0.05) is 31.7 Å². The van der Waals surface area contributed by atoms with E-state index in [1.165, 1.54) is 12.1 Å². The quantitative estimate of drug-likeness (QED) is 0.811. The molecule has 2 aromatic rings. The van der Waals surface area contributed by atoms with Crippen molar-refractivity contribution in [3.05, 3.63) is 65.5 Å². The number of piperidine rings is 1. The Morgan fingerprint density at radius 1 is 1.04 bits per heavy atom. The highest BCUT2D eigenvalue weighted by Gasteiger charge is 2.26. The van der Waals surface area contributed by atoms with Gasteiger partial charge in [0.25, 0.3) is 5.91 Å². The number of carbonyl (C=O) groups excluding carboxylic acids is 1. The fourth-order valence-corrected chi connectivity index (χ4v) is 3.97. The molecule has 4 nitrogen and oxygen atoms in total. The van der Waals surface area contributed by atoms with Gasteiger partial charge < -0.3 is 9.64 Å². The van der Waals surface area contributed by atoms with Gasteiger partial charge in [-0.05, 0) is 61.7 Å². The molecule has 0 spiro atoms. The summed E-state index contributed by atoms with van der Waals surface area (Å²) in [5.41, 5.74) is 2.00. The summed E-state index contributed by atoms with van der Waals surface area (Å²) < 4.78 is 19.0. The predicted octanol–water partition coefficient (Wildman–Crippen LogP) is 3.37. The van der Waals surface area contributed by atoms with E-state index < -0.39 is 0 Å². The molecule has 1 saturated heterocycles. The number of hydrogen-bond donors (Lipinski definition) is 0. The predicted molar refractivity (Wildman–Crippen MR) is 103 cm³/mol. The highest BCUT2D eigenvalue weighted by molar-refractivity contribution is 5.96. The number of ether oxygens (including phenoxy) is 1. The van der Waals surface area contributed by atoms with Crippen LogP contribution in [0.5, 0.6) is 5.75 Å². The van der Waals surface area contributed by atoms with E-state index in [1.54, 1.807) is 12.1 Å². The summed E-state index contributed by atoms with van der Waals surface area (Å²) in [5, 5.41) is 0. The second-order valence-corrected chi connectivity index (χ2v) is 7.34. The highest BCUT2D eigenvalue weighted by Crippen LogP contribution is 2.21. The second kappa shape index (κ2) is 8.09. The summed E-state index contributed by atoms with van der Waals surface area (Å²) in [6.45, 7) is 4.27. The van der Waals surface area contributed by atoms with Crippen LogP contribution in [0.4, 0.5) is 4.39 Å². The molecule has 0 saturated carbocycles. The molecular weight excluding hydrogens is 343 g/mol. The summed E-state index contributed by atoms with van der Waals surface area (Å²) in [5.74, 6) is 0.611. The molecule has 2 aromatic carbocycles. The van der Waals surface area contributed by atoms with Crippen LogP contribution in [-0.2, 0) is 6.42 Å². The van der Waals surface area contributed by atoms with Gasteiger partial charge in [0.2, 0.25) is 0 Å². The molecule has 0 aliphatic carbocycles. The van der Waals surface area contributed by atoms with Crippen LogP contribution in [0.1, 0.15) is 28.8 Å². The SMILES string of the molecule is O=C1c2ccccc2CCN1CCN1CCC[C@H](Oc2ccc(F)cc2)C1. The zero-order valence-electron chi connectivity index (χ0n) is 15.4. The lowest BCUT2D eigenvalue weighted by Crippen LogP contribution is -2.46.